The molecule has 1 aromatic heterocycles. The van der Waals surface area contributed by atoms with Crippen molar-refractivity contribution in [1.29, 1.82) is 0 Å². The molecule has 1 atom stereocenters. The minimum atomic E-state index is -0.258. The number of hydrogen-bond donors (Lipinski definition) is 2. The number of aliphatic hydroxyl groups excluding tert-OH is 1. The molecule has 1 aromatic carbocycles. The number of fused-ring (bicyclic) bond motifs is 1. The van der Waals surface area contributed by atoms with Crippen molar-refractivity contribution in [2.24, 2.45) is 0 Å². The highest BCUT2D eigenvalue weighted by molar-refractivity contribution is 5.77. The van der Waals surface area contributed by atoms with E-state index in [1.807, 2.05) is 13.0 Å². The molecule has 0 amide bonds. The van der Waals surface area contributed by atoms with Crippen molar-refractivity contribution in [1.82, 2.24) is 5.32 Å². The Balaban J connectivity index is 2.04. The van der Waals surface area contributed by atoms with Gasteiger partial charge in [-0.3, -0.25) is 0 Å². The van der Waals surface area contributed by atoms with E-state index in [2.05, 4.69) is 5.32 Å². The van der Waals surface area contributed by atoms with Crippen LogP contribution in [0.5, 0.6) is 0 Å². The molecule has 0 aliphatic rings. The van der Waals surface area contributed by atoms with Crippen LogP contribution in [-0.2, 0) is 6.54 Å². The van der Waals surface area contributed by atoms with Gasteiger partial charge in [0.2, 0.25) is 0 Å². The van der Waals surface area contributed by atoms with Gasteiger partial charge in [0.1, 0.15) is 17.2 Å². The molecule has 3 nitrogen and oxygen atoms in total. The lowest BCUT2D eigenvalue weighted by Crippen LogP contribution is -2.26. The molecule has 0 aliphatic heterocycles. The van der Waals surface area contributed by atoms with E-state index >= 15 is 0 Å². The molecule has 2 N–H and O–H groups in total. The van der Waals surface area contributed by atoms with E-state index in [9.17, 15) is 4.39 Å². The molecule has 4 heteroatoms. The van der Waals surface area contributed by atoms with E-state index in [1.165, 1.54) is 12.1 Å². The van der Waals surface area contributed by atoms with Gasteiger partial charge < -0.3 is 14.8 Å². The molecule has 0 spiro atoms. The molecule has 1 heterocycles. The summed E-state index contributed by atoms with van der Waals surface area (Å²) in [6.45, 7) is 2.75. The van der Waals surface area contributed by atoms with Crippen LogP contribution in [0.2, 0.25) is 0 Å². The monoisotopic (exact) mass is 237 g/mol. The lowest BCUT2D eigenvalue weighted by atomic mass is 10.2. The zero-order valence-corrected chi connectivity index (χ0v) is 9.74. The second-order valence-corrected chi connectivity index (χ2v) is 4.19. The fourth-order valence-corrected chi connectivity index (χ4v) is 1.73. The predicted octanol–water partition coefficient (Wildman–Crippen LogP) is 2.43. The molecule has 17 heavy (non-hydrogen) atoms. The summed E-state index contributed by atoms with van der Waals surface area (Å²) in [5, 5.41) is 12.8. The molecular formula is C13H16FNO2. The topological polar surface area (TPSA) is 45.4 Å². The highest BCUT2D eigenvalue weighted by Gasteiger charge is 2.06. The first kappa shape index (κ1) is 12.1. The number of rotatable bonds is 5. The van der Waals surface area contributed by atoms with Crippen molar-refractivity contribution >= 4 is 11.0 Å². The zero-order chi connectivity index (χ0) is 12.3. The molecule has 0 aliphatic carbocycles. The van der Waals surface area contributed by atoms with E-state index in [4.69, 9.17) is 9.52 Å². The highest BCUT2D eigenvalue weighted by Crippen LogP contribution is 2.20. The maximum absolute atomic E-state index is 13.0. The minimum absolute atomic E-state index is 0.166. The summed E-state index contributed by atoms with van der Waals surface area (Å²) in [6, 6.07) is 6.53. The number of benzene rings is 1. The van der Waals surface area contributed by atoms with E-state index in [0.717, 1.165) is 11.1 Å². The van der Waals surface area contributed by atoms with E-state index in [-0.39, 0.29) is 18.5 Å². The smallest absolute Gasteiger partial charge is 0.134 e. The standard InChI is InChI=1S/C13H16FNO2/c1-9(4-5-16)15-8-12-7-10-6-11(14)2-3-13(10)17-12/h2-3,6-7,9,15-16H,4-5,8H2,1H3. The van der Waals surface area contributed by atoms with Crippen molar-refractivity contribution in [2.45, 2.75) is 25.9 Å². The number of furan rings is 1. The fourth-order valence-electron chi connectivity index (χ4n) is 1.73. The molecular weight excluding hydrogens is 221 g/mol. The van der Waals surface area contributed by atoms with Crippen molar-refractivity contribution in [3.63, 3.8) is 0 Å². The molecule has 0 bridgehead atoms. The van der Waals surface area contributed by atoms with E-state index in [1.54, 1.807) is 6.07 Å². The van der Waals surface area contributed by atoms with Crippen molar-refractivity contribution in [3.8, 4) is 0 Å². The summed E-state index contributed by atoms with van der Waals surface area (Å²) in [6.07, 6.45) is 0.703. The Kier molecular flexibility index (Phi) is 3.76. The van der Waals surface area contributed by atoms with Gasteiger partial charge in [0.25, 0.3) is 0 Å². The van der Waals surface area contributed by atoms with Crippen LogP contribution in [0.15, 0.2) is 28.7 Å². The summed E-state index contributed by atoms with van der Waals surface area (Å²) >= 11 is 0. The predicted molar refractivity (Wildman–Crippen MR) is 64.2 cm³/mol. The fraction of sp³-hybridized carbons (Fsp3) is 0.385. The summed E-state index contributed by atoms with van der Waals surface area (Å²) in [5.74, 6) is 0.516. The van der Waals surface area contributed by atoms with Crippen LogP contribution in [0, 0.1) is 5.82 Å². The average molecular weight is 237 g/mol. The SMILES string of the molecule is CC(CCO)NCc1cc2cc(F)ccc2o1. The Bertz CT molecular complexity index is 495. The second-order valence-electron chi connectivity index (χ2n) is 4.19. The third-order valence-electron chi connectivity index (χ3n) is 2.72. The second kappa shape index (κ2) is 5.29. The quantitative estimate of drug-likeness (QED) is 0.839. The van der Waals surface area contributed by atoms with Gasteiger partial charge in [-0.05, 0) is 37.6 Å². The normalized spacial score (nSPS) is 13.1. The largest absolute Gasteiger partial charge is 0.460 e. The van der Waals surface area contributed by atoms with Gasteiger partial charge in [-0.15, -0.1) is 0 Å². The Labute approximate surface area is 99.2 Å². The molecule has 1 unspecified atom stereocenters. The molecule has 0 saturated carbocycles. The van der Waals surface area contributed by atoms with Crippen LogP contribution in [0.25, 0.3) is 11.0 Å². The van der Waals surface area contributed by atoms with Crippen molar-refractivity contribution in [2.75, 3.05) is 6.61 Å². The van der Waals surface area contributed by atoms with Crippen LogP contribution < -0.4 is 5.32 Å². The summed E-state index contributed by atoms with van der Waals surface area (Å²) in [4.78, 5) is 0. The Hall–Kier alpha value is -1.39. The highest BCUT2D eigenvalue weighted by atomic mass is 19.1. The zero-order valence-electron chi connectivity index (χ0n) is 9.74. The van der Waals surface area contributed by atoms with Gasteiger partial charge >= 0.3 is 0 Å². The Morgan fingerprint density at radius 2 is 2.24 bits per heavy atom. The van der Waals surface area contributed by atoms with Crippen molar-refractivity contribution < 1.29 is 13.9 Å². The first-order chi connectivity index (χ1) is 8.19. The minimum Gasteiger partial charge on any atom is -0.460 e. The molecule has 92 valence electrons. The van der Waals surface area contributed by atoms with Gasteiger partial charge in [0, 0.05) is 18.0 Å². The van der Waals surface area contributed by atoms with Crippen LogP contribution in [0.4, 0.5) is 4.39 Å². The van der Waals surface area contributed by atoms with Crippen LogP contribution in [0.1, 0.15) is 19.1 Å². The number of aliphatic hydroxyl groups is 1. The molecule has 0 saturated heterocycles. The van der Waals surface area contributed by atoms with Gasteiger partial charge in [-0.1, -0.05) is 0 Å². The first-order valence-corrected chi connectivity index (χ1v) is 5.71. The van der Waals surface area contributed by atoms with Crippen molar-refractivity contribution in [3.05, 3.63) is 35.8 Å². The van der Waals surface area contributed by atoms with Crippen LogP contribution in [-0.4, -0.2) is 17.8 Å². The van der Waals surface area contributed by atoms with Gasteiger partial charge in [0.05, 0.1) is 6.54 Å². The molecule has 0 fully saturated rings. The average Bonchev–Trinajstić information content (AvgIpc) is 2.68. The van der Waals surface area contributed by atoms with Crippen LogP contribution >= 0.6 is 0 Å². The lowest BCUT2D eigenvalue weighted by Gasteiger charge is -2.10. The number of hydrogen-bond acceptors (Lipinski definition) is 3. The maximum atomic E-state index is 13.0. The molecule has 2 rings (SSSR count). The van der Waals surface area contributed by atoms with Gasteiger partial charge in [-0.25, -0.2) is 4.39 Å². The number of halogens is 1. The lowest BCUT2D eigenvalue weighted by molar-refractivity contribution is 0.267. The van der Waals surface area contributed by atoms with E-state index < -0.39 is 0 Å². The summed E-state index contributed by atoms with van der Waals surface area (Å²) in [5.41, 5.74) is 0.693. The number of nitrogens with one attached hydrogen (secondary N) is 1. The summed E-state index contributed by atoms with van der Waals surface area (Å²) < 4.78 is 18.5. The van der Waals surface area contributed by atoms with Gasteiger partial charge in [-0.2, -0.15) is 0 Å². The Morgan fingerprint density at radius 1 is 1.41 bits per heavy atom. The molecule has 0 radical (unpaired) electrons. The summed E-state index contributed by atoms with van der Waals surface area (Å²) in [7, 11) is 0. The Morgan fingerprint density at radius 3 is 3.00 bits per heavy atom. The van der Waals surface area contributed by atoms with Crippen LogP contribution in [0.3, 0.4) is 0 Å². The third kappa shape index (κ3) is 3.05. The first-order valence-electron chi connectivity index (χ1n) is 5.71. The van der Waals surface area contributed by atoms with Gasteiger partial charge in [0.15, 0.2) is 0 Å². The van der Waals surface area contributed by atoms with E-state index in [0.29, 0.717) is 18.5 Å². The third-order valence-corrected chi connectivity index (χ3v) is 2.72. The maximum Gasteiger partial charge on any atom is 0.134 e. The molecule has 2 aromatic rings.